The van der Waals surface area contributed by atoms with Crippen LogP contribution in [0.4, 0.5) is 0 Å². The van der Waals surface area contributed by atoms with E-state index in [-0.39, 0.29) is 11.3 Å². The van der Waals surface area contributed by atoms with Crippen LogP contribution in [0.1, 0.15) is 26.4 Å². The molecule has 0 atom stereocenters. The Labute approximate surface area is 193 Å². The van der Waals surface area contributed by atoms with Gasteiger partial charge >= 0.3 is 0 Å². The highest BCUT2D eigenvalue weighted by Gasteiger charge is 2.16. The van der Waals surface area contributed by atoms with E-state index in [0.717, 1.165) is 10.2 Å². The van der Waals surface area contributed by atoms with Crippen molar-refractivity contribution in [2.45, 2.75) is 6.61 Å². The van der Waals surface area contributed by atoms with E-state index in [9.17, 15) is 14.4 Å². The van der Waals surface area contributed by atoms with E-state index in [4.69, 9.17) is 16.3 Å². The number of hydrogen-bond donors (Lipinski definition) is 2. The Bertz CT molecular complexity index is 1380. The molecule has 0 fully saturated rings. The third-order valence-corrected chi connectivity index (χ3v) is 5.15. The highest BCUT2D eigenvalue weighted by atomic mass is 35.5. The Morgan fingerprint density at radius 1 is 0.909 bits per heavy atom. The Kier molecular flexibility index (Phi) is 6.37. The number of nitrogens with zero attached hydrogens (tertiary/aromatic N) is 2. The van der Waals surface area contributed by atoms with Crippen molar-refractivity contribution < 1.29 is 14.3 Å². The van der Waals surface area contributed by atoms with Crippen molar-refractivity contribution >= 4 is 34.2 Å². The fraction of sp³-hybridized carbons (Fsp3) is 0.0833. The first kappa shape index (κ1) is 22.0. The van der Waals surface area contributed by atoms with Crippen molar-refractivity contribution in [1.82, 2.24) is 20.6 Å². The van der Waals surface area contributed by atoms with Gasteiger partial charge in [0.15, 0.2) is 5.69 Å². The normalized spacial score (nSPS) is 10.6. The summed E-state index contributed by atoms with van der Waals surface area (Å²) in [4.78, 5) is 37.3. The topological polar surface area (TPSA) is 102 Å². The van der Waals surface area contributed by atoms with Crippen LogP contribution in [0.2, 0.25) is 5.02 Å². The second-order valence-corrected chi connectivity index (χ2v) is 7.61. The molecule has 3 aromatic carbocycles. The summed E-state index contributed by atoms with van der Waals surface area (Å²) in [5.41, 5.74) is 5.65. The first-order valence-electron chi connectivity index (χ1n) is 9.96. The summed E-state index contributed by atoms with van der Waals surface area (Å²) in [5.74, 6) is -0.450. The second-order valence-electron chi connectivity index (χ2n) is 7.17. The summed E-state index contributed by atoms with van der Waals surface area (Å²) in [6.45, 7) is 0.325. The maximum absolute atomic E-state index is 12.6. The lowest BCUT2D eigenvalue weighted by Crippen LogP contribution is -2.42. The number of amides is 2. The number of carbonyl (C=O) groups excluding carboxylic acids is 2. The van der Waals surface area contributed by atoms with Crippen LogP contribution >= 0.6 is 11.6 Å². The molecule has 0 spiro atoms. The molecule has 4 rings (SSSR count). The molecule has 2 amide bonds. The van der Waals surface area contributed by atoms with Crippen LogP contribution in [0.5, 0.6) is 5.75 Å². The van der Waals surface area contributed by atoms with Crippen molar-refractivity contribution in [1.29, 1.82) is 0 Å². The minimum absolute atomic E-state index is 0.0303. The zero-order valence-electron chi connectivity index (χ0n) is 17.5. The van der Waals surface area contributed by atoms with Gasteiger partial charge in [-0.2, -0.15) is 5.10 Å². The van der Waals surface area contributed by atoms with Crippen LogP contribution in [0.15, 0.2) is 77.6 Å². The van der Waals surface area contributed by atoms with Gasteiger partial charge in [0.25, 0.3) is 17.4 Å². The van der Waals surface area contributed by atoms with Gasteiger partial charge in [0.2, 0.25) is 0 Å². The first-order chi connectivity index (χ1) is 15.9. The van der Waals surface area contributed by atoms with Crippen molar-refractivity contribution in [3.8, 4) is 5.75 Å². The molecule has 1 aromatic heterocycles. The third-order valence-electron chi connectivity index (χ3n) is 4.90. The van der Waals surface area contributed by atoms with Gasteiger partial charge < -0.3 is 4.74 Å². The van der Waals surface area contributed by atoms with Crippen molar-refractivity contribution in [3.63, 3.8) is 0 Å². The van der Waals surface area contributed by atoms with Gasteiger partial charge in [-0.1, -0.05) is 41.9 Å². The number of hydrogen-bond acceptors (Lipinski definition) is 5. The number of fused-ring (bicyclic) bond motifs is 1. The Morgan fingerprint density at radius 2 is 1.55 bits per heavy atom. The molecule has 0 aliphatic carbocycles. The molecule has 0 aliphatic rings. The van der Waals surface area contributed by atoms with Crippen molar-refractivity contribution in [2.75, 3.05) is 0 Å². The number of ether oxygens (including phenoxy) is 1. The van der Waals surface area contributed by atoms with Gasteiger partial charge in [0, 0.05) is 23.0 Å². The molecular weight excluding hydrogens is 444 g/mol. The average Bonchev–Trinajstić information content (AvgIpc) is 2.84. The Hall–Kier alpha value is -4.17. The average molecular weight is 463 g/mol. The summed E-state index contributed by atoms with van der Waals surface area (Å²) >= 11 is 5.86. The quantitative estimate of drug-likeness (QED) is 0.443. The van der Waals surface area contributed by atoms with Crippen LogP contribution < -0.4 is 21.1 Å². The van der Waals surface area contributed by atoms with Crippen LogP contribution in [-0.2, 0) is 13.7 Å². The minimum Gasteiger partial charge on any atom is -0.489 e. The highest BCUT2D eigenvalue weighted by Crippen LogP contribution is 2.17. The lowest BCUT2D eigenvalue weighted by molar-refractivity contribution is 0.0844. The second kappa shape index (κ2) is 9.54. The fourth-order valence-electron chi connectivity index (χ4n) is 3.16. The molecule has 2 N–H and O–H groups in total. The maximum atomic E-state index is 12.6. The lowest BCUT2D eigenvalue weighted by Gasteiger charge is -2.10. The monoisotopic (exact) mass is 462 g/mol. The lowest BCUT2D eigenvalue weighted by atomic mass is 10.1. The molecule has 4 aromatic rings. The molecule has 0 unspecified atom stereocenters. The molecule has 0 saturated heterocycles. The van der Waals surface area contributed by atoms with Crippen LogP contribution in [-0.4, -0.2) is 21.6 Å². The number of benzene rings is 3. The standard InChI is InChI=1S/C24H19ClN4O4/c1-29-24(32)20-5-3-2-4-19(20)21(28-29)23(31)27-26-22(30)16-8-6-15(7-9-16)14-33-18-12-10-17(25)11-13-18/h2-13H,14H2,1H3,(H,26,30)(H,27,31). The Morgan fingerprint density at radius 3 is 2.24 bits per heavy atom. The molecule has 166 valence electrons. The van der Waals surface area contributed by atoms with E-state index >= 15 is 0 Å². The minimum atomic E-state index is -0.636. The van der Waals surface area contributed by atoms with Gasteiger partial charge in [-0.05, 0) is 48.0 Å². The van der Waals surface area contributed by atoms with Gasteiger partial charge in [0.05, 0.1) is 5.39 Å². The maximum Gasteiger partial charge on any atom is 0.290 e. The largest absolute Gasteiger partial charge is 0.489 e. The third kappa shape index (κ3) is 5.02. The molecule has 8 nitrogen and oxygen atoms in total. The van der Waals surface area contributed by atoms with Gasteiger partial charge in [-0.15, -0.1) is 0 Å². The van der Waals surface area contributed by atoms with Crippen LogP contribution in [0.3, 0.4) is 0 Å². The van der Waals surface area contributed by atoms with E-state index in [1.54, 1.807) is 72.8 Å². The van der Waals surface area contributed by atoms with Crippen molar-refractivity contribution in [3.05, 3.63) is 105 Å². The molecule has 33 heavy (non-hydrogen) atoms. The first-order valence-corrected chi connectivity index (χ1v) is 10.3. The van der Waals surface area contributed by atoms with E-state index < -0.39 is 11.8 Å². The number of carbonyl (C=O) groups is 2. The number of rotatable bonds is 5. The Balaban J connectivity index is 1.38. The molecule has 0 saturated carbocycles. The van der Waals surface area contributed by atoms with Crippen LogP contribution in [0, 0.1) is 0 Å². The molecule has 9 heteroatoms. The van der Waals surface area contributed by atoms with Gasteiger partial charge in [-0.25, -0.2) is 4.68 Å². The summed E-state index contributed by atoms with van der Waals surface area (Å²) < 4.78 is 6.77. The number of nitrogens with one attached hydrogen (secondary N) is 2. The van der Waals surface area contributed by atoms with E-state index in [2.05, 4.69) is 16.0 Å². The highest BCUT2D eigenvalue weighted by molar-refractivity contribution is 6.30. The molecule has 0 bridgehead atoms. The van der Waals surface area contributed by atoms with E-state index in [1.807, 2.05) is 0 Å². The van der Waals surface area contributed by atoms with Crippen LogP contribution in [0.25, 0.3) is 10.8 Å². The summed E-state index contributed by atoms with van der Waals surface area (Å²) in [5, 5.41) is 5.43. The summed E-state index contributed by atoms with van der Waals surface area (Å²) in [6, 6.07) is 20.5. The zero-order valence-corrected chi connectivity index (χ0v) is 18.3. The fourth-order valence-corrected chi connectivity index (χ4v) is 3.29. The predicted octanol–water partition coefficient (Wildman–Crippen LogP) is 3.24. The summed E-state index contributed by atoms with van der Waals surface area (Å²) in [7, 11) is 1.46. The van der Waals surface area contributed by atoms with Gasteiger partial charge in [0.1, 0.15) is 12.4 Å². The number of halogens is 1. The summed E-state index contributed by atoms with van der Waals surface area (Å²) in [6.07, 6.45) is 0. The molecule has 0 aliphatic heterocycles. The van der Waals surface area contributed by atoms with Gasteiger partial charge in [-0.3, -0.25) is 25.2 Å². The predicted molar refractivity (Wildman–Crippen MR) is 124 cm³/mol. The molecule has 1 heterocycles. The van der Waals surface area contributed by atoms with E-state index in [0.29, 0.717) is 33.7 Å². The number of aromatic nitrogens is 2. The molecule has 0 radical (unpaired) electrons. The van der Waals surface area contributed by atoms with E-state index in [1.165, 1.54) is 7.05 Å². The number of hydrazine groups is 1. The zero-order chi connectivity index (χ0) is 23.4. The smallest absolute Gasteiger partial charge is 0.290 e. The van der Waals surface area contributed by atoms with Crippen molar-refractivity contribution in [2.24, 2.45) is 7.05 Å². The number of aryl methyl sites for hydroxylation is 1. The SMILES string of the molecule is Cn1nc(C(=O)NNC(=O)c2ccc(COc3ccc(Cl)cc3)cc2)c2ccccc2c1=O. The molecular formula is C24H19ClN4O4.